The number of aromatic nitrogens is 2. The van der Waals surface area contributed by atoms with Crippen LogP contribution in [0.4, 0.5) is 4.39 Å². The molecule has 0 aliphatic rings. The third-order valence-corrected chi connectivity index (χ3v) is 6.54. The predicted octanol–water partition coefficient (Wildman–Crippen LogP) is 4.76. The van der Waals surface area contributed by atoms with Crippen LogP contribution in [-0.4, -0.2) is 20.6 Å². The molecule has 0 bridgehead atoms. The number of ketones is 1. The van der Waals surface area contributed by atoms with Crippen molar-refractivity contribution in [2.75, 3.05) is 0 Å². The molecule has 0 unspecified atom stereocenters. The second kappa shape index (κ2) is 7.78. The molecule has 2 aromatic heterocycles. The SMILES string of the molecule is C=CCn1c(S[C@H](C)C(=O)c2ccc(F)cc2)nc2sc(C)c(C)c2c1=O. The van der Waals surface area contributed by atoms with Gasteiger partial charge >= 0.3 is 0 Å². The molecule has 2 heterocycles. The van der Waals surface area contributed by atoms with E-state index in [9.17, 15) is 14.0 Å². The lowest BCUT2D eigenvalue weighted by atomic mass is 10.1. The van der Waals surface area contributed by atoms with Crippen molar-refractivity contribution in [1.29, 1.82) is 0 Å². The molecular weight excluding hydrogens is 383 g/mol. The molecule has 1 atom stereocenters. The summed E-state index contributed by atoms with van der Waals surface area (Å²) >= 11 is 2.71. The van der Waals surface area contributed by atoms with E-state index < -0.39 is 5.25 Å². The number of allylic oxidation sites excluding steroid dienone is 1. The Morgan fingerprint density at radius 1 is 1.37 bits per heavy atom. The first-order chi connectivity index (χ1) is 12.8. The van der Waals surface area contributed by atoms with E-state index in [2.05, 4.69) is 11.6 Å². The van der Waals surface area contributed by atoms with Crippen molar-refractivity contribution < 1.29 is 9.18 Å². The van der Waals surface area contributed by atoms with Crippen LogP contribution in [0.15, 0.2) is 46.9 Å². The van der Waals surface area contributed by atoms with Crippen LogP contribution in [0.3, 0.4) is 0 Å². The van der Waals surface area contributed by atoms with Gasteiger partial charge in [-0.3, -0.25) is 14.2 Å². The number of nitrogens with zero attached hydrogens (tertiary/aromatic N) is 2. The number of rotatable bonds is 6. The second-order valence-electron chi connectivity index (χ2n) is 6.19. The van der Waals surface area contributed by atoms with E-state index in [0.29, 0.717) is 27.5 Å². The van der Waals surface area contributed by atoms with E-state index in [4.69, 9.17) is 0 Å². The number of thioether (sulfide) groups is 1. The van der Waals surface area contributed by atoms with Crippen molar-refractivity contribution in [1.82, 2.24) is 9.55 Å². The first kappa shape index (κ1) is 19.5. The quantitative estimate of drug-likeness (QED) is 0.258. The van der Waals surface area contributed by atoms with Gasteiger partial charge < -0.3 is 0 Å². The first-order valence-electron chi connectivity index (χ1n) is 8.41. The lowest BCUT2D eigenvalue weighted by molar-refractivity contribution is 0.0994. The molecule has 0 amide bonds. The van der Waals surface area contributed by atoms with Crippen molar-refractivity contribution in [2.24, 2.45) is 0 Å². The molecule has 3 aromatic rings. The Kier molecular flexibility index (Phi) is 5.62. The highest BCUT2D eigenvalue weighted by molar-refractivity contribution is 8.00. The van der Waals surface area contributed by atoms with E-state index in [1.807, 2.05) is 13.8 Å². The van der Waals surface area contributed by atoms with Crippen LogP contribution in [0.2, 0.25) is 0 Å². The number of carbonyl (C=O) groups is 1. The molecule has 1 aromatic carbocycles. The molecule has 7 heteroatoms. The van der Waals surface area contributed by atoms with Crippen LogP contribution in [0.25, 0.3) is 10.2 Å². The van der Waals surface area contributed by atoms with E-state index >= 15 is 0 Å². The van der Waals surface area contributed by atoms with Gasteiger partial charge in [0.15, 0.2) is 10.9 Å². The Hall–Kier alpha value is -2.25. The van der Waals surface area contributed by atoms with Gasteiger partial charge in [0.1, 0.15) is 10.6 Å². The Morgan fingerprint density at radius 2 is 2.04 bits per heavy atom. The zero-order valence-electron chi connectivity index (χ0n) is 15.3. The van der Waals surface area contributed by atoms with Gasteiger partial charge in [-0.1, -0.05) is 17.8 Å². The van der Waals surface area contributed by atoms with Gasteiger partial charge in [0, 0.05) is 17.0 Å². The van der Waals surface area contributed by atoms with Crippen LogP contribution in [-0.2, 0) is 6.54 Å². The number of fused-ring (bicyclic) bond motifs is 1. The summed E-state index contributed by atoms with van der Waals surface area (Å²) in [5, 5.41) is 0.635. The zero-order chi connectivity index (χ0) is 19.7. The minimum Gasteiger partial charge on any atom is -0.293 e. The van der Waals surface area contributed by atoms with Gasteiger partial charge in [-0.15, -0.1) is 17.9 Å². The summed E-state index contributed by atoms with van der Waals surface area (Å²) in [6.45, 7) is 9.68. The number of halogens is 1. The lowest BCUT2D eigenvalue weighted by Gasteiger charge is -2.14. The van der Waals surface area contributed by atoms with Crippen molar-refractivity contribution >= 4 is 39.1 Å². The average molecular weight is 403 g/mol. The highest BCUT2D eigenvalue weighted by Gasteiger charge is 2.22. The van der Waals surface area contributed by atoms with E-state index in [0.717, 1.165) is 10.4 Å². The van der Waals surface area contributed by atoms with Gasteiger partial charge in [-0.05, 0) is 50.6 Å². The number of aryl methyl sites for hydroxylation is 2. The summed E-state index contributed by atoms with van der Waals surface area (Å²) in [6, 6.07) is 5.46. The topological polar surface area (TPSA) is 52.0 Å². The second-order valence-corrected chi connectivity index (χ2v) is 8.70. The maximum Gasteiger partial charge on any atom is 0.263 e. The van der Waals surface area contributed by atoms with E-state index in [1.54, 1.807) is 17.6 Å². The van der Waals surface area contributed by atoms with Crippen LogP contribution in [0.1, 0.15) is 27.7 Å². The monoisotopic (exact) mass is 402 g/mol. The van der Waals surface area contributed by atoms with Gasteiger partial charge in [-0.25, -0.2) is 9.37 Å². The summed E-state index contributed by atoms with van der Waals surface area (Å²) in [4.78, 5) is 32.0. The number of hydrogen-bond acceptors (Lipinski definition) is 5. The molecule has 27 heavy (non-hydrogen) atoms. The smallest absolute Gasteiger partial charge is 0.263 e. The number of thiophene rings is 1. The summed E-state index contributed by atoms with van der Waals surface area (Å²) in [5.74, 6) is -0.528. The average Bonchev–Trinajstić information content (AvgIpc) is 2.92. The molecule has 0 aliphatic heterocycles. The maximum atomic E-state index is 13.1. The molecule has 4 nitrogen and oxygen atoms in total. The van der Waals surface area contributed by atoms with Gasteiger partial charge in [-0.2, -0.15) is 0 Å². The normalized spacial score (nSPS) is 12.3. The summed E-state index contributed by atoms with van der Waals surface area (Å²) in [5.41, 5.74) is 1.25. The Labute approximate surface area is 164 Å². The Bertz CT molecular complexity index is 1080. The highest BCUT2D eigenvalue weighted by Crippen LogP contribution is 2.30. The standard InChI is InChI=1S/C20H19FN2O2S2/c1-5-10-23-19(25)16-11(2)12(3)26-18(16)22-20(23)27-13(4)17(24)14-6-8-15(21)9-7-14/h5-9,13H,1,10H2,2-4H3/t13-/m1/s1. The summed E-state index contributed by atoms with van der Waals surface area (Å²) in [6.07, 6.45) is 1.64. The maximum absolute atomic E-state index is 13.1. The minimum atomic E-state index is -0.474. The number of hydrogen-bond donors (Lipinski definition) is 0. The van der Waals surface area contributed by atoms with Gasteiger partial charge in [0.2, 0.25) is 0 Å². The highest BCUT2D eigenvalue weighted by atomic mass is 32.2. The van der Waals surface area contributed by atoms with Gasteiger partial charge in [0.05, 0.1) is 10.6 Å². The molecular formula is C20H19FN2O2S2. The van der Waals surface area contributed by atoms with Crippen molar-refractivity contribution in [3.05, 3.63) is 69.1 Å². The minimum absolute atomic E-state index is 0.120. The fourth-order valence-corrected chi connectivity index (χ4v) is 4.81. The van der Waals surface area contributed by atoms with Crippen molar-refractivity contribution in [3.8, 4) is 0 Å². The fraction of sp³-hybridized carbons (Fsp3) is 0.250. The number of carbonyl (C=O) groups excluding carboxylic acids is 1. The summed E-state index contributed by atoms with van der Waals surface area (Å²) < 4.78 is 14.6. The molecule has 140 valence electrons. The van der Waals surface area contributed by atoms with Crippen molar-refractivity contribution in [2.45, 2.75) is 37.7 Å². The molecule has 0 spiro atoms. The summed E-state index contributed by atoms with van der Waals surface area (Å²) in [7, 11) is 0. The molecule has 0 fully saturated rings. The van der Waals surface area contributed by atoms with E-state index in [1.165, 1.54) is 47.4 Å². The largest absolute Gasteiger partial charge is 0.293 e. The number of benzene rings is 1. The van der Waals surface area contributed by atoms with Crippen LogP contribution in [0, 0.1) is 19.7 Å². The Balaban J connectivity index is 2.01. The molecule has 0 saturated heterocycles. The third-order valence-electron chi connectivity index (χ3n) is 4.35. The zero-order valence-corrected chi connectivity index (χ0v) is 16.9. The Morgan fingerprint density at radius 3 is 2.67 bits per heavy atom. The van der Waals surface area contributed by atoms with Crippen LogP contribution < -0.4 is 5.56 Å². The van der Waals surface area contributed by atoms with E-state index in [-0.39, 0.29) is 17.2 Å². The number of Topliss-reactive ketones (excluding diaryl/α,β-unsaturated/α-hetero) is 1. The van der Waals surface area contributed by atoms with Crippen LogP contribution in [0.5, 0.6) is 0 Å². The lowest BCUT2D eigenvalue weighted by Crippen LogP contribution is -2.24. The molecule has 3 rings (SSSR count). The van der Waals surface area contributed by atoms with Crippen molar-refractivity contribution in [3.63, 3.8) is 0 Å². The fourth-order valence-electron chi connectivity index (χ4n) is 2.75. The predicted molar refractivity (Wildman–Crippen MR) is 110 cm³/mol. The molecule has 0 saturated carbocycles. The first-order valence-corrected chi connectivity index (χ1v) is 10.1. The molecule has 0 radical (unpaired) electrons. The third kappa shape index (κ3) is 3.75. The molecule has 0 aliphatic carbocycles. The van der Waals surface area contributed by atoms with Crippen LogP contribution >= 0.6 is 23.1 Å². The van der Waals surface area contributed by atoms with Gasteiger partial charge in [0.25, 0.3) is 5.56 Å². The molecule has 0 N–H and O–H groups in total.